The van der Waals surface area contributed by atoms with Crippen LogP contribution in [0.1, 0.15) is 45.4 Å². The van der Waals surface area contributed by atoms with E-state index in [4.69, 9.17) is 0 Å². The molecule has 0 bridgehead atoms. The number of likely N-dealkylation sites (tertiary alicyclic amines) is 1. The van der Waals surface area contributed by atoms with Crippen LogP contribution in [0, 0.1) is 11.8 Å². The summed E-state index contributed by atoms with van der Waals surface area (Å²) in [5.41, 5.74) is 0. The molecule has 0 aromatic rings. The zero-order chi connectivity index (χ0) is 9.10. The van der Waals surface area contributed by atoms with E-state index in [-0.39, 0.29) is 0 Å². The van der Waals surface area contributed by atoms with E-state index in [9.17, 15) is 0 Å². The Morgan fingerprint density at radius 1 is 1.08 bits per heavy atom. The van der Waals surface area contributed by atoms with Crippen molar-refractivity contribution in [2.24, 2.45) is 11.8 Å². The van der Waals surface area contributed by atoms with Gasteiger partial charge in [-0.15, -0.1) is 0 Å². The summed E-state index contributed by atoms with van der Waals surface area (Å²) >= 11 is 0. The number of rotatable bonds is 3. The van der Waals surface area contributed by atoms with Gasteiger partial charge in [-0.1, -0.05) is 26.2 Å². The minimum absolute atomic E-state index is 1.02. The summed E-state index contributed by atoms with van der Waals surface area (Å²) in [7, 11) is 0. The van der Waals surface area contributed by atoms with Gasteiger partial charge < -0.3 is 4.90 Å². The maximum absolute atomic E-state index is 2.71. The maximum atomic E-state index is 2.71. The molecular weight excluding hydrogens is 158 g/mol. The molecule has 1 aliphatic heterocycles. The minimum atomic E-state index is 1.02. The molecule has 2 aliphatic rings. The zero-order valence-electron chi connectivity index (χ0n) is 8.97. The van der Waals surface area contributed by atoms with Crippen molar-refractivity contribution in [3.63, 3.8) is 0 Å². The van der Waals surface area contributed by atoms with Gasteiger partial charge in [0.25, 0.3) is 0 Å². The van der Waals surface area contributed by atoms with Crippen LogP contribution >= 0.6 is 0 Å². The van der Waals surface area contributed by atoms with Crippen molar-refractivity contribution >= 4 is 0 Å². The lowest BCUT2D eigenvalue weighted by Crippen LogP contribution is -2.26. The Labute approximate surface area is 82.5 Å². The first-order valence-corrected chi connectivity index (χ1v) is 6.11. The molecule has 13 heavy (non-hydrogen) atoms. The highest BCUT2D eigenvalue weighted by atomic mass is 15.1. The summed E-state index contributed by atoms with van der Waals surface area (Å²) in [6.45, 7) is 6.53. The largest absolute Gasteiger partial charge is 0.303 e. The quantitative estimate of drug-likeness (QED) is 0.647. The van der Waals surface area contributed by atoms with Gasteiger partial charge in [-0.3, -0.25) is 0 Å². The normalized spacial score (nSPS) is 31.6. The molecule has 1 saturated heterocycles. The molecule has 1 heterocycles. The van der Waals surface area contributed by atoms with Crippen molar-refractivity contribution in [2.45, 2.75) is 45.4 Å². The predicted molar refractivity (Wildman–Crippen MR) is 56.8 cm³/mol. The van der Waals surface area contributed by atoms with Gasteiger partial charge in [-0.05, 0) is 37.6 Å². The van der Waals surface area contributed by atoms with Crippen LogP contribution in [0.4, 0.5) is 0 Å². The molecule has 1 nitrogen and oxygen atoms in total. The number of nitrogens with zero attached hydrogens (tertiary/aromatic N) is 1. The van der Waals surface area contributed by atoms with Crippen LogP contribution in [-0.2, 0) is 0 Å². The summed E-state index contributed by atoms with van der Waals surface area (Å²) in [6, 6.07) is 0. The van der Waals surface area contributed by atoms with E-state index < -0.39 is 0 Å². The fourth-order valence-electron chi connectivity index (χ4n) is 2.97. The molecule has 0 amide bonds. The SMILES string of the molecule is CCC1CCN(CC2CCCC2)C1. The van der Waals surface area contributed by atoms with Crippen molar-refractivity contribution in [3.8, 4) is 0 Å². The summed E-state index contributed by atoms with van der Waals surface area (Å²) < 4.78 is 0. The van der Waals surface area contributed by atoms with Gasteiger partial charge in [-0.25, -0.2) is 0 Å². The van der Waals surface area contributed by atoms with Crippen molar-refractivity contribution in [1.29, 1.82) is 0 Å². The molecule has 1 aliphatic carbocycles. The van der Waals surface area contributed by atoms with E-state index in [0.29, 0.717) is 0 Å². The van der Waals surface area contributed by atoms with E-state index >= 15 is 0 Å². The second kappa shape index (κ2) is 4.45. The Morgan fingerprint density at radius 3 is 2.46 bits per heavy atom. The van der Waals surface area contributed by atoms with Crippen molar-refractivity contribution in [1.82, 2.24) is 4.90 Å². The van der Waals surface area contributed by atoms with Crippen molar-refractivity contribution in [3.05, 3.63) is 0 Å². The lowest BCUT2D eigenvalue weighted by Gasteiger charge is -2.19. The van der Waals surface area contributed by atoms with Crippen LogP contribution in [0.5, 0.6) is 0 Å². The second-order valence-corrected chi connectivity index (χ2v) is 4.97. The first kappa shape index (κ1) is 9.51. The minimum Gasteiger partial charge on any atom is -0.303 e. The lowest BCUT2D eigenvalue weighted by atomic mass is 10.1. The molecule has 2 rings (SSSR count). The number of hydrogen-bond acceptors (Lipinski definition) is 1. The van der Waals surface area contributed by atoms with E-state index in [1.54, 1.807) is 0 Å². The molecule has 0 aromatic heterocycles. The number of hydrogen-bond donors (Lipinski definition) is 0. The van der Waals surface area contributed by atoms with E-state index in [1.165, 1.54) is 58.2 Å². The van der Waals surface area contributed by atoms with Crippen LogP contribution < -0.4 is 0 Å². The Bertz CT molecular complexity index is 149. The highest BCUT2D eigenvalue weighted by molar-refractivity contribution is 4.78. The van der Waals surface area contributed by atoms with Crippen molar-refractivity contribution < 1.29 is 0 Å². The molecule has 0 aromatic carbocycles. The van der Waals surface area contributed by atoms with Gasteiger partial charge in [0.15, 0.2) is 0 Å². The Hall–Kier alpha value is -0.0400. The molecule has 1 saturated carbocycles. The highest BCUT2D eigenvalue weighted by Crippen LogP contribution is 2.28. The predicted octanol–water partition coefficient (Wildman–Crippen LogP) is 2.91. The lowest BCUT2D eigenvalue weighted by molar-refractivity contribution is 0.269. The zero-order valence-corrected chi connectivity index (χ0v) is 8.97. The summed E-state index contributed by atoms with van der Waals surface area (Å²) in [5, 5.41) is 0. The van der Waals surface area contributed by atoms with Crippen LogP contribution in [0.3, 0.4) is 0 Å². The third-order valence-electron chi connectivity index (χ3n) is 3.94. The van der Waals surface area contributed by atoms with Crippen LogP contribution in [0.2, 0.25) is 0 Å². The molecule has 0 N–H and O–H groups in total. The van der Waals surface area contributed by atoms with Crippen LogP contribution in [0.25, 0.3) is 0 Å². The highest BCUT2D eigenvalue weighted by Gasteiger charge is 2.24. The molecule has 0 radical (unpaired) electrons. The maximum Gasteiger partial charge on any atom is 0.00101 e. The van der Waals surface area contributed by atoms with Crippen LogP contribution in [0.15, 0.2) is 0 Å². The average molecular weight is 181 g/mol. The molecular formula is C12H23N. The van der Waals surface area contributed by atoms with E-state index in [0.717, 1.165) is 11.8 Å². The summed E-state index contributed by atoms with van der Waals surface area (Å²) in [4.78, 5) is 2.71. The molecule has 2 fully saturated rings. The van der Waals surface area contributed by atoms with E-state index in [2.05, 4.69) is 11.8 Å². The summed E-state index contributed by atoms with van der Waals surface area (Å²) in [6.07, 6.45) is 8.86. The van der Waals surface area contributed by atoms with Crippen molar-refractivity contribution in [2.75, 3.05) is 19.6 Å². The van der Waals surface area contributed by atoms with Gasteiger partial charge in [-0.2, -0.15) is 0 Å². The van der Waals surface area contributed by atoms with Gasteiger partial charge >= 0.3 is 0 Å². The average Bonchev–Trinajstić information content (AvgIpc) is 2.76. The van der Waals surface area contributed by atoms with Gasteiger partial charge in [0.1, 0.15) is 0 Å². The van der Waals surface area contributed by atoms with Gasteiger partial charge in [0.05, 0.1) is 0 Å². The monoisotopic (exact) mass is 181 g/mol. The van der Waals surface area contributed by atoms with Crippen LogP contribution in [-0.4, -0.2) is 24.5 Å². The van der Waals surface area contributed by atoms with Gasteiger partial charge in [0, 0.05) is 13.1 Å². The first-order valence-electron chi connectivity index (χ1n) is 6.11. The molecule has 1 heteroatoms. The Kier molecular flexibility index (Phi) is 3.26. The van der Waals surface area contributed by atoms with Gasteiger partial charge in [0.2, 0.25) is 0 Å². The smallest absolute Gasteiger partial charge is 0.00101 e. The Morgan fingerprint density at radius 2 is 1.85 bits per heavy atom. The van der Waals surface area contributed by atoms with E-state index in [1.807, 2.05) is 0 Å². The third-order valence-corrected chi connectivity index (χ3v) is 3.94. The molecule has 76 valence electrons. The summed E-state index contributed by atoms with van der Waals surface area (Å²) in [5.74, 6) is 2.07. The fourth-order valence-corrected chi connectivity index (χ4v) is 2.97. The fraction of sp³-hybridized carbons (Fsp3) is 1.00. The topological polar surface area (TPSA) is 3.24 Å². The molecule has 1 unspecified atom stereocenters. The second-order valence-electron chi connectivity index (χ2n) is 4.97. The Balaban J connectivity index is 1.70. The molecule has 1 atom stereocenters. The molecule has 0 spiro atoms. The standard InChI is InChI=1S/C12H23N/c1-2-11-7-8-13(9-11)10-12-5-3-4-6-12/h11-12H,2-10H2,1H3. The third kappa shape index (κ3) is 2.46. The first-order chi connectivity index (χ1) is 6.38.